The molecule has 0 amide bonds. The standard InChI is InChI=1S/C20H28N4/c1-5-21-20(22-14-17-9-6-8-16(2)12-17)23-15-18-10-7-11-19(13-18)24(3)4/h6-13H,5,14-15H2,1-4H3,(H2,21,22,23). The SMILES string of the molecule is CCNC(=NCc1cccc(C)c1)NCc1cccc(N(C)C)c1. The molecule has 24 heavy (non-hydrogen) atoms. The molecule has 2 rings (SSSR count). The summed E-state index contributed by atoms with van der Waals surface area (Å²) < 4.78 is 0. The molecule has 0 saturated carbocycles. The van der Waals surface area contributed by atoms with Crippen LogP contribution >= 0.6 is 0 Å². The molecular weight excluding hydrogens is 296 g/mol. The van der Waals surface area contributed by atoms with Gasteiger partial charge in [-0.25, -0.2) is 4.99 Å². The molecule has 0 saturated heterocycles. The summed E-state index contributed by atoms with van der Waals surface area (Å²) in [4.78, 5) is 6.79. The predicted octanol–water partition coefficient (Wildman–Crippen LogP) is 3.32. The number of aryl methyl sites for hydroxylation is 1. The van der Waals surface area contributed by atoms with Crippen molar-refractivity contribution in [3.63, 3.8) is 0 Å². The number of anilines is 1. The van der Waals surface area contributed by atoms with Gasteiger partial charge in [0.05, 0.1) is 6.54 Å². The van der Waals surface area contributed by atoms with Crippen LogP contribution < -0.4 is 15.5 Å². The van der Waals surface area contributed by atoms with Gasteiger partial charge >= 0.3 is 0 Å². The van der Waals surface area contributed by atoms with Crippen LogP contribution in [0.25, 0.3) is 0 Å². The Bertz CT molecular complexity index is 677. The molecule has 0 aromatic heterocycles. The number of nitrogens with zero attached hydrogens (tertiary/aromatic N) is 2. The van der Waals surface area contributed by atoms with Gasteiger partial charge in [0.15, 0.2) is 5.96 Å². The fourth-order valence-corrected chi connectivity index (χ4v) is 2.45. The highest BCUT2D eigenvalue weighted by Gasteiger charge is 2.01. The fraction of sp³-hybridized carbons (Fsp3) is 0.350. The van der Waals surface area contributed by atoms with Crippen LogP contribution in [0.4, 0.5) is 5.69 Å². The van der Waals surface area contributed by atoms with E-state index in [4.69, 9.17) is 0 Å². The molecule has 128 valence electrons. The highest BCUT2D eigenvalue weighted by Crippen LogP contribution is 2.13. The molecule has 4 heteroatoms. The van der Waals surface area contributed by atoms with Crippen LogP contribution in [0.15, 0.2) is 53.5 Å². The molecule has 0 aliphatic carbocycles. The quantitative estimate of drug-likeness (QED) is 0.632. The van der Waals surface area contributed by atoms with Crippen molar-refractivity contribution in [3.8, 4) is 0 Å². The first-order valence-electron chi connectivity index (χ1n) is 8.42. The van der Waals surface area contributed by atoms with Gasteiger partial charge in [-0.3, -0.25) is 0 Å². The summed E-state index contributed by atoms with van der Waals surface area (Å²) in [7, 11) is 4.11. The number of rotatable bonds is 6. The van der Waals surface area contributed by atoms with Gasteiger partial charge in [0.25, 0.3) is 0 Å². The Morgan fingerprint density at radius 1 is 1.00 bits per heavy atom. The molecule has 0 radical (unpaired) electrons. The minimum Gasteiger partial charge on any atom is -0.378 e. The molecule has 2 N–H and O–H groups in total. The monoisotopic (exact) mass is 324 g/mol. The van der Waals surface area contributed by atoms with Gasteiger partial charge in [0.2, 0.25) is 0 Å². The van der Waals surface area contributed by atoms with Crippen molar-refractivity contribution < 1.29 is 0 Å². The largest absolute Gasteiger partial charge is 0.378 e. The van der Waals surface area contributed by atoms with Gasteiger partial charge in [-0.15, -0.1) is 0 Å². The van der Waals surface area contributed by atoms with Crippen molar-refractivity contribution >= 4 is 11.6 Å². The fourth-order valence-electron chi connectivity index (χ4n) is 2.45. The van der Waals surface area contributed by atoms with E-state index in [0.29, 0.717) is 6.54 Å². The molecule has 0 bridgehead atoms. The molecule has 2 aromatic carbocycles. The Morgan fingerprint density at radius 3 is 2.46 bits per heavy atom. The van der Waals surface area contributed by atoms with E-state index in [0.717, 1.165) is 19.0 Å². The number of hydrogen-bond donors (Lipinski definition) is 2. The molecule has 0 atom stereocenters. The minimum absolute atomic E-state index is 0.675. The van der Waals surface area contributed by atoms with Crippen LogP contribution in [-0.4, -0.2) is 26.6 Å². The van der Waals surface area contributed by atoms with Crippen LogP contribution in [0.2, 0.25) is 0 Å². The van der Waals surface area contributed by atoms with Gasteiger partial charge in [0.1, 0.15) is 0 Å². The Hall–Kier alpha value is -2.49. The van der Waals surface area contributed by atoms with Crippen molar-refractivity contribution in [2.24, 2.45) is 4.99 Å². The zero-order valence-electron chi connectivity index (χ0n) is 15.1. The third-order valence-electron chi connectivity index (χ3n) is 3.73. The normalized spacial score (nSPS) is 11.2. The second-order valence-electron chi connectivity index (χ2n) is 6.10. The first-order chi connectivity index (χ1) is 11.6. The molecule has 0 aliphatic rings. The van der Waals surface area contributed by atoms with Crippen LogP contribution in [0, 0.1) is 6.92 Å². The lowest BCUT2D eigenvalue weighted by molar-refractivity contribution is 0.815. The molecule has 0 unspecified atom stereocenters. The van der Waals surface area contributed by atoms with E-state index in [-0.39, 0.29) is 0 Å². The zero-order valence-corrected chi connectivity index (χ0v) is 15.1. The smallest absolute Gasteiger partial charge is 0.191 e. The van der Waals surface area contributed by atoms with E-state index < -0.39 is 0 Å². The van der Waals surface area contributed by atoms with E-state index in [1.165, 1.54) is 22.4 Å². The van der Waals surface area contributed by atoms with Crippen LogP contribution in [0.1, 0.15) is 23.6 Å². The molecule has 0 heterocycles. The lowest BCUT2D eigenvalue weighted by atomic mass is 10.1. The second-order valence-corrected chi connectivity index (χ2v) is 6.10. The Kier molecular flexibility index (Phi) is 6.67. The van der Waals surface area contributed by atoms with Gasteiger partial charge in [-0.1, -0.05) is 42.0 Å². The van der Waals surface area contributed by atoms with Gasteiger partial charge in [-0.2, -0.15) is 0 Å². The summed E-state index contributed by atoms with van der Waals surface area (Å²) in [6.07, 6.45) is 0. The highest BCUT2D eigenvalue weighted by atomic mass is 15.2. The van der Waals surface area contributed by atoms with Crippen LogP contribution in [0.5, 0.6) is 0 Å². The second kappa shape index (κ2) is 8.96. The lowest BCUT2D eigenvalue weighted by Crippen LogP contribution is -2.36. The van der Waals surface area contributed by atoms with Crippen molar-refractivity contribution in [1.29, 1.82) is 0 Å². The Morgan fingerprint density at radius 2 is 1.75 bits per heavy atom. The van der Waals surface area contributed by atoms with Gasteiger partial charge < -0.3 is 15.5 Å². The van der Waals surface area contributed by atoms with Crippen LogP contribution in [-0.2, 0) is 13.1 Å². The molecule has 0 spiro atoms. The van der Waals surface area contributed by atoms with Crippen molar-refractivity contribution in [3.05, 3.63) is 65.2 Å². The molecule has 0 fully saturated rings. The minimum atomic E-state index is 0.675. The first-order valence-corrected chi connectivity index (χ1v) is 8.42. The predicted molar refractivity (Wildman–Crippen MR) is 104 cm³/mol. The van der Waals surface area contributed by atoms with Crippen molar-refractivity contribution in [1.82, 2.24) is 10.6 Å². The van der Waals surface area contributed by atoms with E-state index in [2.05, 4.69) is 97.0 Å². The maximum atomic E-state index is 4.68. The Labute approximate surface area is 145 Å². The topological polar surface area (TPSA) is 39.7 Å². The van der Waals surface area contributed by atoms with Crippen LogP contribution in [0.3, 0.4) is 0 Å². The summed E-state index contributed by atoms with van der Waals surface area (Å²) in [6.45, 7) is 6.46. The molecular formula is C20H28N4. The number of hydrogen-bond acceptors (Lipinski definition) is 2. The lowest BCUT2D eigenvalue weighted by Gasteiger charge is -2.15. The molecule has 4 nitrogen and oxygen atoms in total. The van der Waals surface area contributed by atoms with E-state index in [1.54, 1.807) is 0 Å². The van der Waals surface area contributed by atoms with E-state index >= 15 is 0 Å². The maximum absolute atomic E-state index is 4.68. The third-order valence-corrected chi connectivity index (χ3v) is 3.73. The summed E-state index contributed by atoms with van der Waals surface area (Å²) in [5.41, 5.74) is 4.93. The van der Waals surface area contributed by atoms with Crippen molar-refractivity contribution in [2.45, 2.75) is 26.9 Å². The number of guanidine groups is 1. The number of aliphatic imine (C=N–C) groups is 1. The highest BCUT2D eigenvalue weighted by molar-refractivity contribution is 5.79. The number of benzene rings is 2. The summed E-state index contributed by atoms with van der Waals surface area (Å²) in [5.74, 6) is 0.842. The Balaban J connectivity index is 2.00. The third kappa shape index (κ3) is 5.61. The average Bonchev–Trinajstić information content (AvgIpc) is 2.57. The number of nitrogens with one attached hydrogen (secondary N) is 2. The summed E-state index contributed by atoms with van der Waals surface area (Å²) >= 11 is 0. The van der Waals surface area contributed by atoms with Crippen molar-refractivity contribution in [2.75, 3.05) is 25.5 Å². The van der Waals surface area contributed by atoms with Gasteiger partial charge in [-0.05, 0) is 37.1 Å². The van der Waals surface area contributed by atoms with E-state index in [9.17, 15) is 0 Å². The molecule has 0 aliphatic heterocycles. The van der Waals surface area contributed by atoms with E-state index in [1.807, 2.05) is 0 Å². The summed E-state index contributed by atoms with van der Waals surface area (Å²) in [5, 5.41) is 6.71. The zero-order chi connectivity index (χ0) is 17.4. The first kappa shape index (κ1) is 17.9. The average molecular weight is 324 g/mol. The maximum Gasteiger partial charge on any atom is 0.191 e. The summed E-state index contributed by atoms with van der Waals surface area (Å²) in [6, 6.07) is 17.0. The molecule has 2 aromatic rings. The van der Waals surface area contributed by atoms with Gasteiger partial charge in [0, 0.05) is 32.9 Å².